The molecule has 2 fully saturated rings. The van der Waals surface area contributed by atoms with Crippen molar-refractivity contribution in [1.82, 2.24) is 19.6 Å². The average Bonchev–Trinajstić information content (AvgIpc) is 3.02. The third-order valence-corrected chi connectivity index (χ3v) is 5.30. The van der Waals surface area contributed by atoms with E-state index in [2.05, 4.69) is 11.3 Å². The second-order valence-corrected chi connectivity index (χ2v) is 7.20. The number of aryl methyl sites for hydroxylation is 1. The van der Waals surface area contributed by atoms with E-state index in [0.29, 0.717) is 6.42 Å². The predicted molar refractivity (Wildman–Crippen MR) is 91.5 cm³/mol. The molecule has 2 atom stereocenters. The van der Waals surface area contributed by atoms with Crippen LogP contribution in [0.25, 0.3) is 0 Å². The van der Waals surface area contributed by atoms with Crippen molar-refractivity contribution < 1.29 is 9.59 Å². The van der Waals surface area contributed by atoms with Gasteiger partial charge in [-0.25, -0.2) is 0 Å². The van der Waals surface area contributed by atoms with Gasteiger partial charge in [-0.3, -0.25) is 14.3 Å². The molecule has 0 saturated carbocycles. The Hall–Kier alpha value is -1.85. The normalized spacial score (nSPS) is 24.9. The van der Waals surface area contributed by atoms with Gasteiger partial charge in [0.25, 0.3) is 0 Å². The fourth-order valence-electron chi connectivity index (χ4n) is 3.99. The molecule has 2 saturated heterocycles. The van der Waals surface area contributed by atoms with Gasteiger partial charge in [0.05, 0.1) is 12.2 Å². The summed E-state index contributed by atoms with van der Waals surface area (Å²) in [6.45, 7) is 5.99. The smallest absolute Gasteiger partial charge is 0.224 e. The van der Waals surface area contributed by atoms with Gasteiger partial charge in [0.1, 0.15) is 0 Å². The molecule has 2 aliphatic rings. The van der Waals surface area contributed by atoms with E-state index in [1.165, 1.54) is 0 Å². The van der Waals surface area contributed by atoms with E-state index >= 15 is 0 Å². The summed E-state index contributed by atoms with van der Waals surface area (Å²) < 4.78 is 2.00. The third-order valence-electron chi connectivity index (χ3n) is 5.30. The zero-order chi connectivity index (χ0) is 17.1. The van der Waals surface area contributed by atoms with Crippen LogP contribution in [-0.4, -0.2) is 57.1 Å². The molecule has 3 heterocycles. The first-order valence-corrected chi connectivity index (χ1v) is 9.10. The van der Waals surface area contributed by atoms with E-state index in [9.17, 15) is 9.59 Å². The number of nitrogens with zero attached hydrogens (tertiary/aromatic N) is 4. The summed E-state index contributed by atoms with van der Waals surface area (Å²) >= 11 is 0. The number of rotatable bonds is 3. The van der Waals surface area contributed by atoms with Crippen LogP contribution in [0.2, 0.25) is 0 Å². The van der Waals surface area contributed by atoms with Crippen molar-refractivity contribution in [2.24, 2.45) is 0 Å². The van der Waals surface area contributed by atoms with Crippen LogP contribution in [0.5, 0.6) is 0 Å². The molecule has 6 nitrogen and oxygen atoms in total. The number of amides is 2. The molecule has 0 unspecified atom stereocenters. The summed E-state index contributed by atoms with van der Waals surface area (Å²) in [4.78, 5) is 28.4. The third kappa shape index (κ3) is 3.79. The van der Waals surface area contributed by atoms with Gasteiger partial charge in [0.15, 0.2) is 0 Å². The average molecular weight is 332 g/mol. The van der Waals surface area contributed by atoms with Crippen LogP contribution in [0.4, 0.5) is 0 Å². The van der Waals surface area contributed by atoms with Crippen molar-refractivity contribution in [3.63, 3.8) is 0 Å². The number of carbonyl (C=O) groups is 2. The minimum atomic E-state index is 0.0797. The highest BCUT2D eigenvalue weighted by Crippen LogP contribution is 2.24. The standard InChI is InChI=1S/C18H28N4O2/c1-14-11-19-22(12-14)17-7-5-8-20(13-17)18(24)10-16-6-3-4-9-21(16)15(2)23/h11-12,16-17H,3-10,13H2,1-2H3/t16-,17-/m1/s1. The number of carbonyl (C=O) groups excluding carboxylic acids is 2. The summed E-state index contributed by atoms with van der Waals surface area (Å²) in [5, 5.41) is 4.41. The lowest BCUT2D eigenvalue weighted by atomic mass is 9.97. The van der Waals surface area contributed by atoms with Gasteiger partial charge in [-0.15, -0.1) is 0 Å². The molecule has 0 bridgehead atoms. The fraction of sp³-hybridized carbons (Fsp3) is 0.722. The van der Waals surface area contributed by atoms with Gasteiger partial charge >= 0.3 is 0 Å². The molecule has 24 heavy (non-hydrogen) atoms. The quantitative estimate of drug-likeness (QED) is 0.852. The van der Waals surface area contributed by atoms with Gasteiger partial charge < -0.3 is 9.80 Å². The maximum Gasteiger partial charge on any atom is 0.224 e. The molecular formula is C18H28N4O2. The molecule has 0 spiro atoms. The lowest BCUT2D eigenvalue weighted by molar-refractivity contribution is -0.138. The maximum atomic E-state index is 12.8. The summed E-state index contributed by atoms with van der Waals surface area (Å²) in [6.07, 6.45) is 9.56. The fourth-order valence-corrected chi connectivity index (χ4v) is 3.99. The van der Waals surface area contributed by atoms with Crippen molar-refractivity contribution in [1.29, 1.82) is 0 Å². The summed E-state index contributed by atoms with van der Waals surface area (Å²) in [7, 11) is 0. The van der Waals surface area contributed by atoms with Gasteiger partial charge in [0.2, 0.25) is 11.8 Å². The van der Waals surface area contributed by atoms with Gasteiger partial charge in [-0.2, -0.15) is 5.10 Å². The first-order valence-electron chi connectivity index (χ1n) is 9.10. The Morgan fingerprint density at radius 3 is 2.75 bits per heavy atom. The second-order valence-electron chi connectivity index (χ2n) is 7.20. The van der Waals surface area contributed by atoms with Crippen molar-refractivity contribution in [2.45, 2.75) is 64.5 Å². The Kier molecular flexibility index (Phi) is 5.21. The topological polar surface area (TPSA) is 58.4 Å². The van der Waals surface area contributed by atoms with Crippen LogP contribution in [0.15, 0.2) is 12.4 Å². The van der Waals surface area contributed by atoms with Crippen LogP contribution >= 0.6 is 0 Å². The molecule has 1 aromatic rings. The molecule has 0 aromatic carbocycles. The molecule has 0 radical (unpaired) electrons. The highest BCUT2D eigenvalue weighted by molar-refractivity contribution is 5.79. The molecule has 0 N–H and O–H groups in total. The first kappa shape index (κ1) is 17.0. The van der Waals surface area contributed by atoms with E-state index in [1.807, 2.05) is 27.6 Å². The molecule has 0 aliphatic carbocycles. The summed E-state index contributed by atoms with van der Waals surface area (Å²) in [6, 6.07) is 0.350. The van der Waals surface area contributed by atoms with E-state index in [4.69, 9.17) is 0 Å². The summed E-state index contributed by atoms with van der Waals surface area (Å²) in [5.41, 5.74) is 1.15. The Balaban J connectivity index is 1.60. The van der Waals surface area contributed by atoms with Gasteiger partial charge in [-0.1, -0.05) is 0 Å². The highest BCUT2D eigenvalue weighted by atomic mass is 16.2. The molecule has 2 aliphatic heterocycles. The van der Waals surface area contributed by atoms with Crippen molar-refractivity contribution in [3.05, 3.63) is 18.0 Å². The van der Waals surface area contributed by atoms with Crippen molar-refractivity contribution >= 4 is 11.8 Å². The van der Waals surface area contributed by atoms with Crippen LogP contribution < -0.4 is 0 Å². The van der Waals surface area contributed by atoms with E-state index in [0.717, 1.165) is 57.3 Å². The number of hydrogen-bond donors (Lipinski definition) is 0. The SMILES string of the molecule is CC(=O)N1CCCC[C@@H]1CC(=O)N1CCC[C@@H](n2cc(C)cn2)C1. The zero-order valence-electron chi connectivity index (χ0n) is 14.8. The minimum Gasteiger partial charge on any atom is -0.340 e. The van der Waals surface area contributed by atoms with Gasteiger partial charge in [-0.05, 0) is 44.6 Å². The first-order chi connectivity index (χ1) is 11.5. The Morgan fingerprint density at radius 1 is 1.21 bits per heavy atom. The molecule has 2 amide bonds. The maximum absolute atomic E-state index is 12.8. The molecule has 132 valence electrons. The van der Waals surface area contributed by atoms with Crippen LogP contribution in [0.3, 0.4) is 0 Å². The highest BCUT2D eigenvalue weighted by Gasteiger charge is 2.30. The Bertz CT molecular complexity index is 598. The minimum absolute atomic E-state index is 0.0797. The number of aromatic nitrogens is 2. The van der Waals surface area contributed by atoms with E-state index < -0.39 is 0 Å². The number of piperidine rings is 2. The van der Waals surface area contributed by atoms with E-state index in [-0.39, 0.29) is 23.9 Å². The largest absolute Gasteiger partial charge is 0.340 e. The van der Waals surface area contributed by atoms with Crippen LogP contribution in [0, 0.1) is 6.92 Å². The molecule has 1 aromatic heterocycles. The van der Waals surface area contributed by atoms with Crippen molar-refractivity contribution in [3.8, 4) is 0 Å². The summed E-state index contributed by atoms with van der Waals surface area (Å²) in [5.74, 6) is 0.276. The van der Waals surface area contributed by atoms with Crippen LogP contribution in [0.1, 0.15) is 57.1 Å². The second kappa shape index (κ2) is 7.36. The zero-order valence-corrected chi connectivity index (χ0v) is 14.8. The molecular weight excluding hydrogens is 304 g/mol. The Labute approximate surface area is 143 Å². The Morgan fingerprint density at radius 2 is 2.04 bits per heavy atom. The van der Waals surface area contributed by atoms with Crippen LogP contribution in [-0.2, 0) is 9.59 Å². The van der Waals surface area contributed by atoms with E-state index in [1.54, 1.807) is 6.92 Å². The van der Waals surface area contributed by atoms with Gasteiger partial charge in [0, 0.05) is 45.2 Å². The predicted octanol–water partition coefficient (Wildman–Crippen LogP) is 2.15. The number of hydrogen-bond acceptors (Lipinski definition) is 3. The number of likely N-dealkylation sites (tertiary alicyclic amines) is 2. The monoisotopic (exact) mass is 332 g/mol. The van der Waals surface area contributed by atoms with Crippen molar-refractivity contribution in [2.75, 3.05) is 19.6 Å². The lowest BCUT2D eigenvalue weighted by Gasteiger charge is -2.38. The molecule has 6 heteroatoms. The molecule has 3 rings (SSSR count). The lowest BCUT2D eigenvalue weighted by Crippen LogP contribution is -2.47.